The van der Waals surface area contributed by atoms with Gasteiger partial charge in [-0.15, -0.1) is 11.3 Å². The Morgan fingerprint density at radius 3 is 2.51 bits per heavy atom. The summed E-state index contributed by atoms with van der Waals surface area (Å²) in [5.74, 6) is -0.774. The van der Waals surface area contributed by atoms with Gasteiger partial charge in [0.05, 0.1) is 35.4 Å². The lowest BCUT2D eigenvalue weighted by atomic mass is 9.61. The number of fused-ring (bicyclic) bond motifs is 2. The van der Waals surface area contributed by atoms with Crippen LogP contribution in [0.15, 0.2) is 59.5 Å². The summed E-state index contributed by atoms with van der Waals surface area (Å²) < 4.78 is 86.8. The predicted octanol–water partition coefficient (Wildman–Crippen LogP) is 5.68. The second-order valence-corrected chi connectivity index (χ2v) is 14.9. The van der Waals surface area contributed by atoms with Gasteiger partial charge in [-0.1, -0.05) is 5.57 Å². The van der Waals surface area contributed by atoms with E-state index in [1.165, 1.54) is 33.5 Å². The standard InChI is InChI=1S/C30H28F4N6O3S2/c1-38-17-24(14-36-38)45(42,43)39(16-18-2-3-18)23-7-4-20-10-25-19(13-37-40(25)22-8-5-21(31)6-9-22)11-29(20,12-23)27(41)28-35-15-26(44-28)30(32,33)34/h5-6,8-10,13-15,17-18,23H,2-4,7,11-12,16H2,1H3/t23-,29-/m0/s1. The molecule has 45 heavy (non-hydrogen) atoms. The number of aryl methyl sites for hydroxylation is 1. The first-order valence-electron chi connectivity index (χ1n) is 14.5. The number of rotatable bonds is 8. The van der Waals surface area contributed by atoms with Crippen molar-refractivity contribution in [2.45, 2.75) is 55.6 Å². The molecule has 0 bridgehead atoms. The van der Waals surface area contributed by atoms with Gasteiger partial charge in [-0.2, -0.15) is 27.7 Å². The highest BCUT2D eigenvalue weighted by molar-refractivity contribution is 7.89. The van der Waals surface area contributed by atoms with Gasteiger partial charge in [-0.3, -0.25) is 9.48 Å². The zero-order valence-corrected chi connectivity index (χ0v) is 25.7. The van der Waals surface area contributed by atoms with Crippen molar-refractivity contribution in [2.75, 3.05) is 6.54 Å². The van der Waals surface area contributed by atoms with Gasteiger partial charge in [0.25, 0.3) is 0 Å². The minimum atomic E-state index is -4.66. The summed E-state index contributed by atoms with van der Waals surface area (Å²) in [4.78, 5) is 17.4. The molecule has 15 heteroatoms. The number of carbonyl (C=O) groups is 1. The lowest BCUT2D eigenvalue weighted by Crippen LogP contribution is -2.51. The molecular formula is C30H28F4N6O3S2. The van der Waals surface area contributed by atoms with Crippen molar-refractivity contribution >= 4 is 33.2 Å². The Morgan fingerprint density at radius 1 is 1.11 bits per heavy atom. The summed E-state index contributed by atoms with van der Waals surface area (Å²) in [7, 11) is -2.36. The van der Waals surface area contributed by atoms with Crippen LogP contribution in [0.25, 0.3) is 11.8 Å². The van der Waals surface area contributed by atoms with E-state index in [0.29, 0.717) is 52.9 Å². The highest BCUT2D eigenvalue weighted by Crippen LogP contribution is 2.52. The number of carbonyl (C=O) groups excluding carboxylic acids is 1. The second kappa shape index (κ2) is 10.7. The molecule has 2 saturated carbocycles. The molecule has 0 unspecified atom stereocenters. The van der Waals surface area contributed by atoms with Gasteiger partial charge in [0, 0.05) is 25.8 Å². The summed E-state index contributed by atoms with van der Waals surface area (Å²) in [5, 5.41) is 8.28. The Labute approximate surface area is 260 Å². The van der Waals surface area contributed by atoms with Crippen LogP contribution in [0.1, 0.15) is 58.0 Å². The number of ketones is 1. The van der Waals surface area contributed by atoms with Gasteiger partial charge in [0.1, 0.15) is 15.6 Å². The number of nitrogens with zero attached hydrogens (tertiary/aromatic N) is 6. The van der Waals surface area contributed by atoms with Crippen LogP contribution in [0, 0.1) is 17.2 Å². The molecule has 0 amide bonds. The van der Waals surface area contributed by atoms with E-state index in [2.05, 4.69) is 15.2 Å². The first-order chi connectivity index (χ1) is 21.3. The molecule has 236 valence electrons. The maximum absolute atomic E-state index is 14.4. The van der Waals surface area contributed by atoms with E-state index < -0.39 is 44.1 Å². The summed E-state index contributed by atoms with van der Waals surface area (Å²) >= 11 is 0.300. The van der Waals surface area contributed by atoms with E-state index in [4.69, 9.17) is 0 Å². The van der Waals surface area contributed by atoms with Crippen molar-refractivity contribution < 1.29 is 30.8 Å². The fourth-order valence-electron chi connectivity index (χ4n) is 6.50. The molecule has 0 radical (unpaired) electrons. The van der Waals surface area contributed by atoms with Gasteiger partial charge < -0.3 is 0 Å². The molecule has 4 aromatic rings. The smallest absolute Gasteiger partial charge is 0.290 e. The number of hydrogen-bond acceptors (Lipinski definition) is 7. The number of hydrogen-bond donors (Lipinski definition) is 0. The van der Waals surface area contributed by atoms with Crippen LogP contribution in [-0.2, 0) is 29.7 Å². The minimum absolute atomic E-state index is 0.0496. The monoisotopic (exact) mass is 660 g/mol. The van der Waals surface area contributed by atoms with Crippen molar-refractivity contribution in [3.8, 4) is 5.69 Å². The number of sulfonamides is 1. The SMILES string of the molecule is Cn1cc(S(=O)(=O)N(CC2CC2)[C@H]2CCC3=Cc4c(cnn4-c4ccc(F)cc4)C[C@]3(C(=O)c3ncc(C(F)(F)F)s3)C2)cn1. The van der Waals surface area contributed by atoms with Crippen molar-refractivity contribution in [1.82, 2.24) is 28.9 Å². The number of alkyl halides is 3. The third kappa shape index (κ3) is 5.33. The van der Waals surface area contributed by atoms with Gasteiger partial charge in [0.15, 0.2) is 5.01 Å². The van der Waals surface area contributed by atoms with Gasteiger partial charge in [-0.25, -0.2) is 22.5 Å². The minimum Gasteiger partial charge on any atom is -0.290 e. The molecule has 0 saturated heterocycles. The van der Waals surface area contributed by atoms with Gasteiger partial charge >= 0.3 is 6.18 Å². The average molecular weight is 661 g/mol. The fraction of sp³-hybridized carbons (Fsp3) is 0.400. The molecule has 0 N–H and O–H groups in total. The molecule has 0 spiro atoms. The Bertz CT molecular complexity index is 1920. The topological polar surface area (TPSA) is 103 Å². The summed E-state index contributed by atoms with van der Waals surface area (Å²) in [6.07, 6.45) is 4.92. The third-order valence-electron chi connectivity index (χ3n) is 8.95. The lowest BCUT2D eigenvalue weighted by molar-refractivity contribution is -0.134. The Balaban J connectivity index is 1.32. The molecule has 9 nitrogen and oxygen atoms in total. The third-order valence-corrected chi connectivity index (χ3v) is 11.9. The van der Waals surface area contributed by atoms with E-state index in [1.807, 2.05) is 6.08 Å². The van der Waals surface area contributed by atoms with Crippen LogP contribution in [0.3, 0.4) is 0 Å². The number of thiazole rings is 1. The van der Waals surface area contributed by atoms with E-state index in [0.717, 1.165) is 12.8 Å². The molecule has 3 heterocycles. The van der Waals surface area contributed by atoms with Gasteiger partial charge in [0.2, 0.25) is 15.8 Å². The highest BCUT2D eigenvalue weighted by Gasteiger charge is 2.53. The number of halogens is 4. The molecule has 1 aromatic carbocycles. The number of allylic oxidation sites excluding steroid dienone is 1. The Morgan fingerprint density at radius 2 is 1.87 bits per heavy atom. The average Bonchev–Trinajstić information content (AvgIpc) is 3.33. The molecule has 3 aliphatic rings. The Kier molecular flexibility index (Phi) is 7.13. The molecular weight excluding hydrogens is 632 g/mol. The van der Waals surface area contributed by atoms with Crippen LogP contribution >= 0.6 is 11.3 Å². The molecule has 2 atom stereocenters. The van der Waals surface area contributed by atoms with Crippen molar-refractivity contribution in [2.24, 2.45) is 18.4 Å². The maximum atomic E-state index is 14.4. The summed E-state index contributed by atoms with van der Waals surface area (Å²) in [6.45, 7) is 0.286. The quantitative estimate of drug-likeness (QED) is 0.178. The van der Waals surface area contributed by atoms with Crippen LogP contribution in [-0.4, -0.2) is 55.6 Å². The normalized spacial score (nSPS) is 21.8. The zero-order valence-electron chi connectivity index (χ0n) is 24.0. The number of aromatic nitrogens is 5. The van der Waals surface area contributed by atoms with E-state index >= 15 is 0 Å². The molecule has 3 aliphatic carbocycles. The molecule has 2 fully saturated rings. The first kappa shape index (κ1) is 30.0. The van der Waals surface area contributed by atoms with Gasteiger partial charge in [-0.05, 0) is 80.3 Å². The fourth-order valence-corrected chi connectivity index (χ4v) is 9.04. The zero-order chi connectivity index (χ0) is 31.7. The summed E-state index contributed by atoms with van der Waals surface area (Å²) in [6, 6.07) is 5.20. The maximum Gasteiger partial charge on any atom is 0.427 e. The lowest BCUT2D eigenvalue weighted by Gasteiger charge is -2.46. The molecule has 3 aromatic heterocycles. The van der Waals surface area contributed by atoms with Crippen LogP contribution in [0.2, 0.25) is 0 Å². The second-order valence-electron chi connectivity index (χ2n) is 12.0. The van der Waals surface area contributed by atoms with Crippen molar-refractivity contribution in [3.05, 3.63) is 81.6 Å². The first-order valence-corrected chi connectivity index (χ1v) is 16.7. The summed E-state index contributed by atoms with van der Waals surface area (Å²) in [5.41, 5.74) is 1.32. The van der Waals surface area contributed by atoms with E-state index in [1.54, 1.807) is 30.1 Å². The van der Waals surface area contributed by atoms with Crippen LogP contribution in [0.5, 0.6) is 0 Å². The number of benzene rings is 1. The van der Waals surface area contributed by atoms with E-state index in [9.17, 15) is 30.8 Å². The van der Waals surface area contributed by atoms with E-state index in [-0.39, 0.29) is 35.2 Å². The predicted molar refractivity (Wildman–Crippen MR) is 157 cm³/mol. The van der Waals surface area contributed by atoms with Crippen LogP contribution < -0.4 is 0 Å². The van der Waals surface area contributed by atoms with Crippen LogP contribution in [0.4, 0.5) is 17.6 Å². The molecule has 0 aliphatic heterocycles. The van der Waals surface area contributed by atoms with Crippen molar-refractivity contribution in [3.63, 3.8) is 0 Å². The largest absolute Gasteiger partial charge is 0.427 e. The highest BCUT2D eigenvalue weighted by atomic mass is 32.2. The van der Waals surface area contributed by atoms with Crippen molar-refractivity contribution in [1.29, 1.82) is 0 Å². The number of Topliss-reactive ketones (excluding diaryl/α,β-unsaturated/α-hetero) is 1. The Hall–Kier alpha value is -3.69. The molecule has 7 rings (SSSR count).